The molecule has 0 amide bonds. The van der Waals surface area contributed by atoms with Gasteiger partial charge in [0, 0.05) is 5.03 Å². The average Bonchev–Trinajstić information content (AvgIpc) is 2.87. The van der Waals surface area contributed by atoms with Gasteiger partial charge in [0.15, 0.2) is 0 Å². The van der Waals surface area contributed by atoms with E-state index >= 15 is 0 Å². The van der Waals surface area contributed by atoms with Gasteiger partial charge in [-0.25, -0.2) is 0 Å². The van der Waals surface area contributed by atoms with Crippen LogP contribution in [0.2, 0.25) is 0 Å². The van der Waals surface area contributed by atoms with Gasteiger partial charge >= 0.3 is 0 Å². The van der Waals surface area contributed by atoms with Gasteiger partial charge in [-0.05, 0) is 49.2 Å². The predicted octanol–water partition coefficient (Wildman–Crippen LogP) is 4.27. The monoisotopic (exact) mass is 196 g/mol. The lowest BCUT2D eigenvalue weighted by molar-refractivity contribution is 0.684. The molecule has 0 heterocycles. The summed E-state index contributed by atoms with van der Waals surface area (Å²) in [4.78, 5) is 0. The first-order chi connectivity index (χ1) is 6.18. The van der Waals surface area contributed by atoms with Crippen LogP contribution in [0, 0.1) is 11.8 Å². The molecule has 2 aliphatic rings. The summed E-state index contributed by atoms with van der Waals surface area (Å²) >= 11 is 6.26. The lowest BCUT2D eigenvalue weighted by Crippen LogP contribution is -2.02. The lowest BCUT2D eigenvalue weighted by Gasteiger charge is -2.19. The second-order valence-electron chi connectivity index (χ2n) is 4.52. The Balaban J connectivity index is 2.17. The van der Waals surface area contributed by atoms with Gasteiger partial charge in [0.1, 0.15) is 0 Å². The normalized spacial score (nSPS) is 23.8. The highest BCUT2D eigenvalue weighted by molar-refractivity contribution is 6.31. The molecular weight excluding hydrogens is 180 g/mol. The molecule has 0 N–H and O–H groups in total. The fourth-order valence-electron chi connectivity index (χ4n) is 2.01. The topological polar surface area (TPSA) is 0 Å². The Morgan fingerprint density at radius 2 is 2.00 bits per heavy atom. The minimum Gasteiger partial charge on any atom is -0.0844 e. The smallest absolute Gasteiger partial charge is 0.0400 e. The summed E-state index contributed by atoms with van der Waals surface area (Å²) in [5.41, 5.74) is 3.06. The summed E-state index contributed by atoms with van der Waals surface area (Å²) in [5, 5.41) is 1.05. The minimum absolute atomic E-state index is 0.662. The highest BCUT2D eigenvalue weighted by Crippen LogP contribution is 2.44. The first kappa shape index (κ1) is 9.33. The average molecular weight is 197 g/mol. The number of rotatable bonds is 2. The lowest BCUT2D eigenvalue weighted by atomic mass is 9.89. The Bertz CT molecular complexity index is 267. The van der Waals surface area contributed by atoms with Gasteiger partial charge in [-0.3, -0.25) is 0 Å². The van der Waals surface area contributed by atoms with Crippen LogP contribution >= 0.6 is 11.6 Å². The molecule has 0 nitrogen and oxygen atoms in total. The van der Waals surface area contributed by atoms with Crippen molar-refractivity contribution in [2.24, 2.45) is 11.8 Å². The fraction of sp³-hybridized carbons (Fsp3) is 0.667. The highest BCUT2D eigenvalue weighted by atomic mass is 35.5. The molecule has 0 spiro atoms. The van der Waals surface area contributed by atoms with Crippen LogP contribution in [0.5, 0.6) is 0 Å². The standard InChI is InChI=1S/C12H17Cl/c1-8(2)10-5-6-11(9-3-4-9)12(13)7-10/h7-9H,3-6H2,1-2H3. The van der Waals surface area contributed by atoms with E-state index in [1.165, 1.54) is 36.8 Å². The van der Waals surface area contributed by atoms with Crippen LogP contribution < -0.4 is 0 Å². The molecule has 0 aliphatic heterocycles. The number of hydrogen-bond donors (Lipinski definition) is 0. The largest absolute Gasteiger partial charge is 0.0844 e. The molecule has 0 radical (unpaired) electrons. The first-order valence-electron chi connectivity index (χ1n) is 5.27. The van der Waals surface area contributed by atoms with Gasteiger partial charge in [0.05, 0.1) is 0 Å². The van der Waals surface area contributed by atoms with Gasteiger partial charge in [-0.2, -0.15) is 0 Å². The van der Waals surface area contributed by atoms with Crippen LogP contribution in [0.15, 0.2) is 22.3 Å². The molecule has 0 aromatic carbocycles. The van der Waals surface area contributed by atoms with Gasteiger partial charge in [-0.1, -0.05) is 31.0 Å². The van der Waals surface area contributed by atoms with Gasteiger partial charge < -0.3 is 0 Å². The molecule has 2 aliphatic carbocycles. The van der Waals surface area contributed by atoms with Crippen molar-refractivity contribution in [2.45, 2.75) is 39.5 Å². The maximum Gasteiger partial charge on any atom is 0.0400 e. The summed E-state index contributed by atoms with van der Waals surface area (Å²) < 4.78 is 0. The maximum atomic E-state index is 6.26. The van der Waals surface area contributed by atoms with E-state index in [1.54, 1.807) is 0 Å². The van der Waals surface area contributed by atoms with Crippen molar-refractivity contribution < 1.29 is 0 Å². The van der Waals surface area contributed by atoms with Crippen molar-refractivity contribution in [3.63, 3.8) is 0 Å². The van der Waals surface area contributed by atoms with E-state index in [1.807, 2.05) is 0 Å². The van der Waals surface area contributed by atoms with Crippen LogP contribution in [0.1, 0.15) is 39.5 Å². The molecule has 13 heavy (non-hydrogen) atoms. The second kappa shape index (κ2) is 3.49. The Morgan fingerprint density at radius 3 is 2.46 bits per heavy atom. The Morgan fingerprint density at radius 1 is 1.31 bits per heavy atom. The molecule has 1 fully saturated rings. The molecule has 1 saturated carbocycles. The third-order valence-corrected chi connectivity index (χ3v) is 3.47. The molecule has 0 saturated heterocycles. The van der Waals surface area contributed by atoms with Crippen LogP contribution in [0.3, 0.4) is 0 Å². The van der Waals surface area contributed by atoms with Crippen molar-refractivity contribution >= 4 is 11.6 Å². The van der Waals surface area contributed by atoms with Gasteiger partial charge in [0.25, 0.3) is 0 Å². The van der Waals surface area contributed by atoms with E-state index in [2.05, 4.69) is 19.9 Å². The molecule has 0 atom stereocenters. The van der Waals surface area contributed by atoms with E-state index in [-0.39, 0.29) is 0 Å². The number of hydrogen-bond acceptors (Lipinski definition) is 0. The molecule has 1 heteroatoms. The minimum atomic E-state index is 0.662. The zero-order valence-corrected chi connectivity index (χ0v) is 9.19. The Labute approximate surface area is 85.7 Å². The summed E-state index contributed by atoms with van der Waals surface area (Å²) in [6.45, 7) is 4.50. The summed E-state index contributed by atoms with van der Waals surface area (Å²) in [5.74, 6) is 1.51. The molecule has 72 valence electrons. The zero-order chi connectivity index (χ0) is 9.42. The second-order valence-corrected chi connectivity index (χ2v) is 4.93. The third-order valence-electron chi connectivity index (χ3n) is 3.11. The highest BCUT2D eigenvalue weighted by Gasteiger charge is 2.29. The van der Waals surface area contributed by atoms with Crippen LogP contribution in [-0.4, -0.2) is 0 Å². The number of halogens is 1. The van der Waals surface area contributed by atoms with Crippen molar-refractivity contribution in [2.75, 3.05) is 0 Å². The van der Waals surface area contributed by atoms with E-state index < -0.39 is 0 Å². The van der Waals surface area contributed by atoms with E-state index in [0.29, 0.717) is 5.92 Å². The Hall–Kier alpha value is -0.230. The first-order valence-corrected chi connectivity index (χ1v) is 5.65. The molecule has 2 rings (SSSR count). The maximum absolute atomic E-state index is 6.26. The van der Waals surface area contributed by atoms with E-state index in [0.717, 1.165) is 11.0 Å². The molecular formula is C12H17Cl. The third kappa shape index (κ3) is 1.99. The van der Waals surface area contributed by atoms with E-state index in [4.69, 9.17) is 11.6 Å². The fourth-order valence-corrected chi connectivity index (χ4v) is 2.40. The molecule has 0 unspecified atom stereocenters. The van der Waals surface area contributed by atoms with Crippen LogP contribution in [0.25, 0.3) is 0 Å². The van der Waals surface area contributed by atoms with Crippen molar-refractivity contribution in [1.29, 1.82) is 0 Å². The van der Waals surface area contributed by atoms with Crippen LogP contribution in [-0.2, 0) is 0 Å². The van der Waals surface area contributed by atoms with Crippen LogP contribution in [0.4, 0.5) is 0 Å². The van der Waals surface area contributed by atoms with Gasteiger partial charge in [-0.15, -0.1) is 0 Å². The predicted molar refractivity (Wildman–Crippen MR) is 57.8 cm³/mol. The summed E-state index contributed by atoms with van der Waals surface area (Å²) in [6, 6.07) is 0. The van der Waals surface area contributed by atoms with Gasteiger partial charge in [0.2, 0.25) is 0 Å². The molecule has 0 aromatic rings. The van der Waals surface area contributed by atoms with Crippen molar-refractivity contribution in [3.05, 3.63) is 22.3 Å². The van der Waals surface area contributed by atoms with Crippen molar-refractivity contribution in [1.82, 2.24) is 0 Å². The Kier molecular flexibility index (Phi) is 2.51. The number of allylic oxidation sites excluding steroid dienone is 4. The van der Waals surface area contributed by atoms with Crippen molar-refractivity contribution in [3.8, 4) is 0 Å². The SMILES string of the molecule is CC(C)C1=CC(Cl)=C(C2CC2)CC1. The molecule has 0 bridgehead atoms. The molecule has 0 aromatic heterocycles. The summed E-state index contributed by atoms with van der Waals surface area (Å²) in [7, 11) is 0. The quantitative estimate of drug-likeness (QED) is 0.619. The van der Waals surface area contributed by atoms with E-state index in [9.17, 15) is 0 Å². The zero-order valence-electron chi connectivity index (χ0n) is 8.44. The summed E-state index contributed by atoms with van der Waals surface area (Å²) in [6.07, 6.45) is 7.41.